The highest BCUT2D eigenvalue weighted by Crippen LogP contribution is 2.33. The van der Waals surface area contributed by atoms with Crippen molar-refractivity contribution in [3.05, 3.63) is 53.3 Å². The van der Waals surface area contributed by atoms with Crippen LogP contribution in [0.15, 0.2) is 36.5 Å². The van der Waals surface area contributed by atoms with Gasteiger partial charge in [-0.05, 0) is 42.2 Å². The normalized spacial score (nSPS) is 12.1. The lowest BCUT2D eigenvalue weighted by atomic mass is 9.86. The second-order valence-corrected chi connectivity index (χ2v) is 6.50. The van der Waals surface area contributed by atoms with Crippen LogP contribution in [0.25, 0.3) is 0 Å². The maximum Gasteiger partial charge on any atom is 0.433 e. The summed E-state index contributed by atoms with van der Waals surface area (Å²) in [5.41, 5.74) is 0.154. The van der Waals surface area contributed by atoms with Gasteiger partial charge in [0.15, 0.2) is 5.78 Å². The number of pyridine rings is 1. The molecule has 3 nitrogen and oxygen atoms in total. The van der Waals surface area contributed by atoms with Crippen LogP contribution in [0.5, 0.6) is 11.5 Å². The largest absolute Gasteiger partial charge is 0.455 e. The minimum Gasteiger partial charge on any atom is -0.455 e. The van der Waals surface area contributed by atoms with Crippen LogP contribution < -0.4 is 4.74 Å². The molecule has 0 N–H and O–H groups in total. The smallest absolute Gasteiger partial charge is 0.433 e. The van der Waals surface area contributed by atoms with Gasteiger partial charge in [-0.15, -0.1) is 0 Å². The fraction of sp³-hybridized carbons (Fsp3) is 0.333. The zero-order chi connectivity index (χ0) is 18.1. The second-order valence-electron chi connectivity index (χ2n) is 6.50. The first-order valence-corrected chi connectivity index (χ1v) is 7.35. The van der Waals surface area contributed by atoms with Crippen molar-refractivity contribution in [3.8, 4) is 11.5 Å². The highest BCUT2D eigenvalue weighted by atomic mass is 19.4. The van der Waals surface area contributed by atoms with E-state index in [-0.39, 0.29) is 16.9 Å². The molecule has 0 aliphatic heterocycles. The van der Waals surface area contributed by atoms with E-state index in [1.807, 2.05) is 26.8 Å². The van der Waals surface area contributed by atoms with Gasteiger partial charge in [0.05, 0.1) is 11.8 Å². The van der Waals surface area contributed by atoms with E-state index in [1.165, 1.54) is 13.0 Å². The molecule has 1 heterocycles. The van der Waals surface area contributed by atoms with Crippen molar-refractivity contribution < 1.29 is 22.7 Å². The van der Waals surface area contributed by atoms with Crippen molar-refractivity contribution in [2.75, 3.05) is 0 Å². The predicted molar refractivity (Wildman–Crippen MR) is 84.5 cm³/mol. The molecule has 24 heavy (non-hydrogen) atoms. The number of halogens is 3. The van der Waals surface area contributed by atoms with E-state index in [0.717, 1.165) is 17.8 Å². The van der Waals surface area contributed by atoms with E-state index >= 15 is 0 Å². The van der Waals surface area contributed by atoms with Crippen LogP contribution in [0.3, 0.4) is 0 Å². The van der Waals surface area contributed by atoms with E-state index < -0.39 is 11.9 Å². The Morgan fingerprint density at radius 2 is 1.75 bits per heavy atom. The summed E-state index contributed by atoms with van der Waals surface area (Å²) in [5.74, 6) is 0.248. The van der Waals surface area contributed by atoms with Gasteiger partial charge in [-0.1, -0.05) is 26.8 Å². The molecule has 0 unspecified atom stereocenters. The quantitative estimate of drug-likeness (QED) is 0.705. The molecule has 6 heteroatoms. The van der Waals surface area contributed by atoms with Crippen molar-refractivity contribution in [2.45, 2.75) is 39.3 Å². The Kier molecular flexibility index (Phi) is 4.69. The van der Waals surface area contributed by atoms with Gasteiger partial charge in [0.2, 0.25) is 0 Å². The van der Waals surface area contributed by atoms with Crippen LogP contribution in [-0.2, 0) is 11.6 Å². The van der Waals surface area contributed by atoms with E-state index in [2.05, 4.69) is 4.98 Å². The fourth-order valence-corrected chi connectivity index (χ4v) is 2.10. The van der Waals surface area contributed by atoms with Crippen molar-refractivity contribution in [2.24, 2.45) is 0 Å². The average Bonchev–Trinajstić information content (AvgIpc) is 2.45. The molecule has 0 atom stereocenters. The molecule has 1 aromatic carbocycles. The maximum absolute atomic E-state index is 12.6. The van der Waals surface area contributed by atoms with Crippen molar-refractivity contribution in [1.82, 2.24) is 4.98 Å². The fourth-order valence-electron chi connectivity index (χ4n) is 2.10. The molecule has 0 bridgehead atoms. The summed E-state index contributed by atoms with van der Waals surface area (Å²) in [6.07, 6.45) is -3.51. The molecule has 0 aliphatic carbocycles. The summed E-state index contributed by atoms with van der Waals surface area (Å²) >= 11 is 0. The summed E-state index contributed by atoms with van der Waals surface area (Å²) in [5, 5.41) is 0. The Morgan fingerprint density at radius 3 is 2.21 bits per heavy atom. The number of alkyl halides is 3. The number of benzene rings is 1. The number of ether oxygens (including phenoxy) is 1. The summed E-state index contributed by atoms with van der Waals surface area (Å²) < 4.78 is 43.3. The number of carbonyl (C=O) groups excluding carboxylic acids is 1. The summed E-state index contributed by atoms with van der Waals surface area (Å²) in [6.45, 7) is 7.45. The van der Waals surface area contributed by atoms with E-state index in [9.17, 15) is 18.0 Å². The lowest BCUT2D eigenvalue weighted by molar-refractivity contribution is -0.141. The minimum absolute atomic E-state index is 0.136. The maximum atomic E-state index is 12.6. The Bertz CT molecular complexity index is 744. The Balaban J connectivity index is 2.38. The van der Waals surface area contributed by atoms with E-state index in [0.29, 0.717) is 11.3 Å². The summed E-state index contributed by atoms with van der Waals surface area (Å²) in [7, 11) is 0. The molecule has 0 saturated heterocycles. The molecule has 0 spiro atoms. The van der Waals surface area contributed by atoms with Gasteiger partial charge in [0, 0.05) is 0 Å². The average molecular weight is 337 g/mol. The number of nitrogens with zero attached hydrogens (tertiary/aromatic N) is 1. The molecule has 0 radical (unpaired) electrons. The van der Waals surface area contributed by atoms with E-state index in [1.54, 1.807) is 12.1 Å². The van der Waals surface area contributed by atoms with Gasteiger partial charge < -0.3 is 4.74 Å². The third-order valence-corrected chi connectivity index (χ3v) is 3.48. The van der Waals surface area contributed by atoms with Crippen LogP contribution in [0.1, 0.15) is 49.3 Å². The molecule has 0 saturated carbocycles. The molecule has 1 aromatic heterocycles. The SMILES string of the molecule is CC(=O)c1ccc(C(C)(C)C)cc1Oc1ccc(C(F)(F)F)nc1. The van der Waals surface area contributed by atoms with Crippen molar-refractivity contribution in [1.29, 1.82) is 0 Å². The molecule has 2 rings (SSSR count). The molecule has 0 aliphatic rings. The van der Waals surface area contributed by atoms with Gasteiger partial charge in [-0.2, -0.15) is 13.2 Å². The minimum atomic E-state index is -4.50. The number of aromatic nitrogens is 1. The second kappa shape index (κ2) is 6.26. The standard InChI is InChI=1S/C18H18F3NO2/c1-11(23)14-7-5-12(17(2,3)4)9-15(14)24-13-6-8-16(22-10-13)18(19,20)21/h5-10H,1-4H3. The molecular formula is C18H18F3NO2. The van der Waals surface area contributed by atoms with Crippen LogP contribution in [-0.4, -0.2) is 10.8 Å². The highest BCUT2D eigenvalue weighted by Gasteiger charge is 2.32. The molecular weight excluding hydrogens is 319 g/mol. The molecule has 2 aromatic rings. The van der Waals surface area contributed by atoms with Crippen LogP contribution in [0.4, 0.5) is 13.2 Å². The first kappa shape index (κ1) is 18.0. The molecule has 0 fully saturated rings. The Morgan fingerprint density at radius 1 is 1.08 bits per heavy atom. The number of ketones is 1. The number of rotatable bonds is 3. The van der Waals surface area contributed by atoms with Crippen molar-refractivity contribution >= 4 is 5.78 Å². The third kappa shape index (κ3) is 4.13. The van der Waals surface area contributed by atoms with Gasteiger partial charge in [0.25, 0.3) is 0 Å². The van der Waals surface area contributed by atoms with Gasteiger partial charge in [-0.3, -0.25) is 4.79 Å². The van der Waals surface area contributed by atoms with Crippen LogP contribution >= 0.6 is 0 Å². The Labute approximate surface area is 138 Å². The lowest BCUT2D eigenvalue weighted by Gasteiger charge is -2.21. The number of hydrogen-bond donors (Lipinski definition) is 0. The van der Waals surface area contributed by atoms with Crippen molar-refractivity contribution in [3.63, 3.8) is 0 Å². The topological polar surface area (TPSA) is 39.2 Å². The lowest BCUT2D eigenvalue weighted by Crippen LogP contribution is -2.12. The number of carbonyl (C=O) groups is 1. The van der Waals surface area contributed by atoms with Gasteiger partial charge >= 0.3 is 6.18 Å². The molecule has 0 amide bonds. The summed E-state index contributed by atoms with van der Waals surface area (Å²) in [6, 6.07) is 7.26. The van der Waals surface area contributed by atoms with Gasteiger partial charge in [-0.25, -0.2) is 4.98 Å². The first-order chi connectivity index (χ1) is 11.0. The zero-order valence-corrected chi connectivity index (χ0v) is 13.9. The zero-order valence-electron chi connectivity index (χ0n) is 13.9. The highest BCUT2D eigenvalue weighted by molar-refractivity contribution is 5.97. The summed E-state index contributed by atoms with van der Waals surface area (Å²) in [4.78, 5) is 15.1. The van der Waals surface area contributed by atoms with Crippen LogP contribution in [0, 0.1) is 0 Å². The third-order valence-electron chi connectivity index (χ3n) is 3.48. The molecule has 128 valence electrons. The predicted octanol–water partition coefficient (Wildman–Crippen LogP) is 5.39. The number of hydrogen-bond acceptors (Lipinski definition) is 3. The Hall–Kier alpha value is -2.37. The first-order valence-electron chi connectivity index (χ1n) is 7.35. The van der Waals surface area contributed by atoms with Gasteiger partial charge in [0.1, 0.15) is 17.2 Å². The van der Waals surface area contributed by atoms with E-state index in [4.69, 9.17) is 4.74 Å². The monoisotopic (exact) mass is 337 g/mol. The number of Topliss-reactive ketones (excluding diaryl/α,β-unsaturated/α-hetero) is 1. The van der Waals surface area contributed by atoms with Crippen LogP contribution in [0.2, 0.25) is 0 Å².